The van der Waals surface area contributed by atoms with E-state index in [0.29, 0.717) is 6.42 Å². The molecular formula is C22H37N2O8P. The molecule has 4 N–H and O–H groups in total. The van der Waals surface area contributed by atoms with Crippen molar-refractivity contribution < 1.29 is 37.6 Å². The number of nitrogens with two attached hydrogens (primary N) is 1. The molecule has 188 valence electrons. The summed E-state index contributed by atoms with van der Waals surface area (Å²) in [6.45, 7) is 11.8. The zero-order valence-corrected chi connectivity index (χ0v) is 21.5. The first-order valence-corrected chi connectivity index (χ1v) is 12.0. The smallest absolute Gasteiger partial charge is 0.466 e. The predicted molar refractivity (Wildman–Crippen MR) is 123 cm³/mol. The number of aliphatic hydroxyl groups excluding tert-OH is 1. The van der Waals surface area contributed by atoms with Gasteiger partial charge in [0.1, 0.15) is 5.75 Å². The van der Waals surface area contributed by atoms with Gasteiger partial charge in [-0.25, -0.2) is 9.36 Å². The van der Waals surface area contributed by atoms with Crippen molar-refractivity contribution in [3.63, 3.8) is 0 Å². The molecule has 1 aromatic carbocycles. The zero-order chi connectivity index (χ0) is 25.7. The summed E-state index contributed by atoms with van der Waals surface area (Å²) in [7, 11) is -2.81. The molecule has 0 bridgehead atoms. The second-order valence-electron chi connectivity index (χ2n) is 9.67. The van der Waals surface area contributed by atoms with Crippen molar-refractivity contribution in [2.75, 3.05) is 7.11 Å². The van der Waals surface area contributed by atoms with E-state index in [4.69, 9.17) is 19.3 Å². The molecule has 11 heteroatoms. The number of hydrogen-bond acceptors (Lipinski definition) is 9. The first-order chi connectivity index (χ1) is 14.9. The summed E-state index contributed by atoms with van der Waals surface area (Å²) in [6, 6.07) is 6.59. The van der Waals surface area contributed by atoms with Gasteiger partial charge in [0.2, 0.25) is 11.6 Å². The molecule has 2 atom stereocenters. The summed E-state index contributed by atoms with van der Waals surface area (Å²) >= 11 is 0. The van der Waals surface area contributed by atoms with E-state index in [2.05, 4.69) is 10.1 Å². The van der Waals surface area contributed by atoms with Gasteiger partial charge in [0, 0.05) is 6.42 Å². The molecule has 0 aliphatic heterocycles. The van der Waals surface area contributed by atoms with Gasteiger partial charge in [-0.3, -0.25) is 19.6 Å². The van der Waals surface area contributed by atoms with Gasteiger partial charge in [0.15, 0.2) is 0 Å². The predicted octanol–water partition coefficient (Wildman–Crippen LogP) is 3.06. The normalized spacial score (nSPS) is 15.3. The van der Waals surface area contributed by atoms with Crippen molar-refractivity contribution in [3.05, 3.63) is 29.8 Å². The number of carbonyl (C=O) groups is 2. The van der Waals surface area contributed by atoms with Crippen LogP contribution in [0.25, 0.3) is 0 Å². The Morgan fingerprint density at radius 2 is 1.55 bits per heavy atom. The van der Waals surface area contributed by atoms with Crippen LogP contribution >= 0.6 is 7.82 Å². The second kappa shape index (κ2) is 11.0. The summed E-state index contributed by atoms with van der Waals surface area (Å²) < 4.78 is 34.5. The third-order valence-electron chi connectivity index (χ3n) is 4.08. The molecule has 10 nitrogen and oxygen atoms in total. The molecule has 1 aromatic rings. The van der Waals surface area contributed by atoms with Crippen LogP contribution in [0.15, 0.2) is 24.3 Å². The average Bonchev–Trinajstić information content (AvgIpc) is 2.63. The SMILES string of the molecule is COC(=O)[C@@](N)(NC(=O)CCc1ccc(OP(=O)(OC(C)(C)C)OC(C)(C)C)cc1)[C@H](C)O. The van der Waals surface area contributed by atoms with Gasteiger partial charge in [0.05, 0.1) is 24.4 Å². The minimum Gasteiger partial charge on any atom is -0.466 e. The molecule has 0 aliphatic carbocycles. The topological polar surface area (TPSA) is 146 Å². The van der Waals surface area contributed by atoms with Crippen LogP contribution in [0.4, 0.5) is 0 Å². The molecule has 1 amide bonds. The van der Waals surface area contributed by atoms with E-state index in [1.807, 2.05) is 0 Å². The molecule has 0 saturated heterocycles. The number of nitrogens with one attached hydrogen (secondary N) is 1. The van der Waals surface area contributed by atoms with E-state index >= 15 is 0 Å². The van der Waals surface area contributed by atoms with Gasteiger partial charge in [-0.2, -0.15) is 0 Å². The summed E-state index contributed by atoms with van der Waals surface area (Å²) in [5.41, 5.74) is 3.02. The molecule has 0 unspecified atom stereocenters. The van der Waals surface area contributed by atoms with E-state index in [0.717, 1.165) is 12.7 Å². The second-order valence-corrected chi connectivity index (χ2v) is 11.1. The van der Waals surface area contributed by atoms with E-state index in [1.54, 1.807) is 65.8 Å². The Morgan fingerprint density at radius 3 is 1.94 bits per heavy atom. The maximum absolute atomic E-state index is 13.2. The summed E-state index contributed by atoms with van der Waals surface area (Å²) in [4.78, 5) is 24.1. The van der Waals surface area contributed by atoms with Crippen LogP contribution in [0, 0.1) is 0 Å². The molecule has 0 radical (unpaired) electrons. The van der Waals surface area contributed by atoms with Crippen molar-refractivity contribution in [2.24, 2.45) is 5.73 Å². The molecule has 0 aromatic heterocycles. The molecule has 0 spiro atoms. The number of methoxy groups -OCH3 is 1. The van der Waals surface area contributed by atoms with Gasteiger partial charge in [0.25, 0.3) is 0 Å². The Morgan fingerprint density at radius 1 is 1.06 bits per heavy atom. The highest BCUT2D eigenvalue weighted by molar-refractivity contribution is 7.49. The van der Waals surface area contributed by atoms with E-state index in [-0.39, 0.29) is 12.2 Å². The number of phosphoric ester groups is 1. The third kappa shape index (κ3) is 9.81. The van der Waals surface area contributed by atoms with Gasteiger partial charge in [-0.1, -0.05) is 12.1 Å². The zero-order valence-electron chi connectivity index (χ0n) is 20.6. The number of carbonyl (C=O) groups excluding carboxylic acids is 2. The van der Waals surface area contributed by atoms with E-state index in [9.17, 15) is 19.3 Å². The molecule has 0 saturated carbocycles. The number of aliphatic hydroxyl groups is 1. The van der Waals surface area contributed by atoms with Crippen LogP contribution in [0.5, 0.6) is 5.75 Å². The number of aryl methyl sites for hydroxylation is 1. The van der Waals surface area contributed by atoms with Crippen molar-refractivity contribution in [1.29, 1.82) is 0 Å². The molecule has 0 heterocycles. The first kappa shape index (κ1) is 29.1. The van der Waals surface area contributed by atoms with Crippen LogP contribution in [-0.4, -0.2) is 47.1 Å². The highest BCUT2D eigenvalue weighted by atomic mass is 31.2. The molecular weight excluding hydrogens is 451 g/mol. The lowest BCUT2D eigenvalue weighted by atomic mass is 10.0. The fraction of sp³-hybridized carbons (Fsp3) is 0.636. The van der Waals surface area contributed by atoms with E-state index in [1.165, 1.54) is 6.92 Å². The minimum atomic E-state index is -3.92. The number of amides is 1. The molecule has 0 fully saturated rings. The quantitative estimate of drug-likeness (QED) is 0.257. The first-order valence-electron chi connectivity index (χ1n) is 10.6. The Kier molecular flexibility index (Phi) is 9.66. The number of esters is 1. The Labute approximate surface area is 195 Å². The fourth-order valence-electron chi connectivity index (χ4n) is 2.62. The maximum Gasteiger partial charge on any atom is 0.531 e. The number of ether oxygens (including phenoxy) is 1. The van der Waals surface area contributed by atoms with Crippen LogP contribution in [0.1, 0.15) is 60.5 Å². The van der Waals surface area contributed by atoms with Gasteiger partial charge < -0.3 is 19.7 Å². The van der Waals surface area contributed by atoms with Crippen LogP contribution < -0.4 is 15.6 Å². The minimum absolute atomic E-state index is 0.00162. The average molecular weight is 489 g/mol. The number of hydrogen-bond donors (Lipinski definition) is 3. The van der Waals surface area contributed by atoms with E-state index < -0.39 is 42.7 Å². The van der Waals surface area contributed by atoms with Crippen LogP contribution in [-0.2, 0) is 34.4 Å². The molecule has 1 rings (SSSR count). The lowest BCUT2D eigenvalue weighted by molar-refractivity contribution is -0.156. The highest BCUT2D eigenvalue weighted by Gasteiger charge is 2.42. The Bertz CT molecular complexity index is 839. The monoisotopic (exact) mass is 488 g/mol. The van der Waals surface area contributed by atoms with Crippen LogP contribution in [0.2, 0.25) is 0 Å². The third-order valence-corrected chi connectivity index (χ3v) is 6.06. The molecule has 33 heavy (non-hydrogen) atoms. The summed E-state index contributed by atoms with van der Waals surface area (Å²) in [5, 5.41) is 12.1. The summed E-state index contributed by atoms with van der Waals surface area (Å²) in [6.07, 6.45) is -1.04. The number of phosphoric acid groups is 1. The maximum atomic E-state index is 13.2. The highest BCUT2D eigenvalue weighted by Crippen LogP contribution is 2.55. The van der Waals surface area contributed by atoms with Crippen molar-refractivity contribution in [3.8, 4) is 5.75 Å². The lowest BCUT2D eigenvalue weighted by Gasteiger charge is -2.30. The van der Waals surface area contributed by atoms with Crippen molar-refractivity contribution in [1.82, 2.24) is 5.32 Å². The van der Waals surface area contributed by atoms with Gasteiger partial charge >= 0.3 is 13.8 Å². The fourth-order valence-corrected chi connectivity index (χ4v) is 4.45. The van der Waals surface area contributed by atoms with Crippen molar-refractivity contribution in [2.45, 2.75) is 84.3 Å². The molecule has 0 aliphatic rings. The van der Waals surface area contributed by atoms with Crippen LogP contribution in [0.3, 0.4) is 0 Å². The lowest BCUT2D eigenvalue weighted by Crippen LogP contribution is -2.68. The number of rotatable bonds is 10. The Hall–Kier alpha value is -1.97. The number of benzene rings is 1. The van der Waals surface area contributed by atoms with Crippen molar-refractivity contribution >= 4 is 19.7 Å². The Balaban J connectivity index is 2.83. The van der Waals surface area contributed by atoms with Gasteiger partial charge in [-0.05, 0) is 72.6 Å². The standard InChI is InChI=1S/C22H37N2O8P/c1-15(25)22(23,19(27)29-8)24-18(26)14-11-16-9-12-17(13-10-16)30-33(28,31-20(2,3)4)32-21(5,6)7/h9-10,12-13,15,25H,11,14,23H2,1-8H3,(H,24,26)/t15-,22-/m0/s1. The largest absolute Gasteiger partial charge is 0.531 e. The summed E-state index contributed by atoms with van der Waals surface area (Å²) in [5.74, 6) is -1.21. The van der Waals surface area contributed by atoms with Gasteiger partial charge in [-0.15, -0.1) is 0 Å².